The molecule has 7 heteroatoms. The van der Waals surface area contributed by atoms with Crippen LogP contribution in [0.2, 0.25) is 0 Å². The molecule has 2 amide bonds. The molecule has 0 aromatic heterocycles. The van der Waals surface area contributed by atoms with Gasteiger partial charge in [-0.05, 0) is 32.9 Å². The van der Waals surface area contributed by atoms with Gasteiger partial charge >= 0.3 is 5.97 Å². The maximum atomic E-state index is 12.8. The number of anilines is 1. The summed E-state index contributed by atoms with van der Waals surface area (Å²) >= 11 is 0. The molecule has 0 saturated carbocycles. The maximum absolute atomic E-state index is 12.8. The van der Waals surface area contributed by atoms with E-state index < -0.39 is 12.0 Å². The van der Waals surface area contributed by atoms with Crippen molar-refractivity contribution in [3.05, 3.63) is 30.3 Å². The zero-order valence-corrected chi connectivity index (χ0v) is 15.2. The number of carboxylic acid groups (broad SMARTS) is 1. The van der Waals surface area contributed by atoms with Crippen molar-refractivity contribution in [1.82, 2.24) is 10.2 Å². The van der Waals surface area contributed by atoms with E-state index in [2.05, 4.69) is 5.32 Å². The largest absolute Gasteiger partial charge is 0.480 e. The summed E-state index contributed by atoms with van der Waals surface area (Å²) in [5, 5.41) is 11.9. The van der Waals surface area contributed by atoms with Crippen LogP contribution in [0.5, 0.6) is 0 Å². The monoisotopic (exact) mass is 349 g/mol. The topological polar surface area (TPSA) is 90.0 Å². The van der Waals surface area contributed by atoms with E-state index in [0.717, 1.165) is 5.69 Å². The molecule has 1 aromatic carbocycles. The molecule has 0 aliphatic heterocycles. The minimum absolute atomic E-state index is 0.0415. The second-order valence-corrected chi connectivity index (χ2v) is 6.16. The molecule has 7 nitrogen and oxygen atoms in total. The van der Waals surface area contributed by atoms with Crippen molar-refractivity contribution < 1.29 is 19.5 Å². The second-order valence-electron chi connectivity index (χ2n) is 6.16. The van der Waals surface area contributed by atoms with Crippen LogP contribution in [0.25, 0.3) is 0 Å². The third kappa shape index (κ3) is 6.54. The van der Waals surface area contributed by atoms with Gasteiger partial charge in [0.25, 0.3) is 0 Å². The highest BCUT2D eigenvalue weighted by atomic mass is 16.4. The first-order chi connectivity index (χ1) is 11.7. The Balaban J connectivity index is 2.90. The highest BCUT2D eigenvalue weighted by molar-refractivity contribution is 5.95. The Kier molecular flexibility index (Phi) is 8.07. The van der Waals surface area contributed by atoms with Crippen molar-refractivity contribution in [3.8, 4) is 0 Å². The summed E-state index contributed by atoms with van der Waals surface area (Å²) in [6.07, 6.45) is 0. The Bertz CT molecular complexity index is 589. The van der Waals surface area contributed by atoms with Crippen molar-refractivity contribution in [1.29, 1.82) is 0 Å². The predicted molar refractivity (Wildman–Crippen MR) is 96.4 cm³/mol. The van der Waals surface area contributed by atoms with Crippen LogP contribution in [0.1, 0.15) is 27.7 Å². The smallest absolute Gasteiger partial charge is 0.320 e. The maximum Gasteiger partial charge on any atom is 0.320 e. The van der Waals surface area contributed by atoms with E-state index in [4.69, 9.17) is 0 Å². The zero-order chi connectivity index (χ0) is 19.0. The summed E-state index contributed by atoms with van der Waals surface area (Å²) in [6.45, 7) is 7.27. The Morgan fingerprint density at radius 2 is 1.72 bits per heavy atom. The second kappa shape index (κ2) is 9.78. The molecule has 2 N–H and O–H groups in total. The lowest BCUT2D eigenvalue weighted by molar-refractivity contribution is -0.143. The van der Waals surface area contributed by atoms with E-state index in [1.54, 1.807) is 9.80 Å². The molecule has 138 valence electrons. The van der Waals surface area contributed by atoms with Crippen molar-refractivity contribution >= 4 is 23.5 Å². The van der Waals surface area contributed by atoms with Crippen molar-refractivity contribution in [2.24, 2.45) is 0 Å². The number of carbonyl (C=O) groups excluding carboxylic acids is 2. The fourth-order valence-corrected chi connectivity index (χ4v) is 2.51. The number of hydrogen-bond acceptors (Lipinski definition) is 4. The molecule has 0 radical (unpaired) electrons. The zero-order valence-electron chi connectivity index (χ0n) is 15.2. The van der Waals surface area contributed by atoms with Crippen LogP contribution in [0, 0.1) is 0 Å². The molecule has 0 spiro atoms. The van der Waals surface area contributed by atoms with Gasteiger partial charge in [0.05, 0.1) is 6.54 Å². The molecule has 0 aliphatic carbocycles. The van der Waals surface area contributed by atoms with Gasteiger partial charge in [0.1, 0.15) is 6.04 Å². The number of nitrogens with zero attached hydrogens (tertiary/aromatic N) is 2. The molecule has 1 unspecified atom stereocenters. The molecule has 0 heterocycles. The Hall–Kier alpha value is -2.41. The van der Waals surface area contributed by atoms with Gasteiger partial charge in [0.2, 0.25) is 11.8 Å². The summed E-state index contributed by atoms with van der Waals surface area (Å²) in [6, 6.07) is 8.38. The first-order valence-electron chi connectivity index (χ1n) is 8.32. The van der Waals surface area contributed by atoms with E-state index in [1.165, 1.54) is 13.8 Å². The fourth-order valence-electron chi connectivity index (χ4n) is 2.51. The van der Waals surface area contributed by atoms with Crippen molar-refractivity contribution in [2.45, 2.75) is 39.8 Å². The minimum atomic E-state index is -1.01. The van der Waals surface area contributed by atoms with Crippen LogP contribution in [0.3, 0.4) is 0 Å². The molecular formula is C18H27N3O4. The van der Waals surface area contributed by atoms with E-state index in [9.17, 15) is 19.5 Å². The van der Waals surface area contributed by atoms with Crippen LogP contribution in [0.4, 0.5) is 5.69 Å². The molecule has 1 aromatic rings. The number of para-hydroxylation sites is 1. The number of hydrogen-bond donors (Lipinski definition) is 2. The van der Waals surface area contributed by atoms with E-state index in [-0.39, 0.29) is 37.5 Å². The average molecular weight is 349 g/mol. The fraction of sp³-hybridized carbons (Fsp3) is 0.500. The summed E-state index contributed by atoms with van der Waals surface area (Å²) < 4.78 is 0. The summed E-state index contributed by atoms with van der Waals surface area (Å²) in [7, 11) is 0. The quantitative estimate of drug-likeness (QED) is 0.702. The molecule has 1 rings (SSSR count). The van der Waals surface area contributed by atoms with E-state index in [0.29, 0.717) is 0 Å². The molecule has 1 atom stereocenters. The Morgan fingerprint density at radius 3 is 2.20 bits per heavy atom. The van der Waals surface area contributed by atoms with Crippen LogP contribution >= 0.6 is 0 Å². The van der Waals surface area contributed by atoms with Gasteiger partial charge in [-0.25, -0.2) is 0 Å². The minimum Gasteiger partial charge on any atom is -0.480 e. The van der Waals surface area contributed by atoms with Crippen LogP contribution < -0.4 is 10.2 Å². The number of benzene rings is 1. The normalized spacial score (nSPS) is 12.1. The van der Waals surface area contributed by atoms with Gasteiger partial charge < -0.3 is 15.3 Å². The van der Waals surface area contributed by atoms with Crippen LogP contribution in [-0.4, -0.2) is 59.5 Å². The summed E-state index contributed by atoms with van der Waals surface area (Å²) in [5.41, 5.74) is 0.771. The van der Waals surface area contributed by atoms with Crippen molar-refractivity contribution in [2.75, 3.05) is 24.5 Å². The van der Waals surface area contributed by atoms with Crippen molar-refractivity contribution in [3.63, 3.8) is 0 Å². The lowest BCUT2D eigenvalue weighted by atomic mass is 10.2. The molecule has 0 aliphatic rings. The van der Waals surface area contributed by atoms with E-state index >= 15 is 0 Å². The summed E-state index contributed by atoms with van der Waals surface area (Å²) in [5.74, 6) is -1.38. The Labute approximate surface area is 148 Å². The van der Waals surface area contributed by atoms with Gasteiger partial charge in [-0.2, -0.15) is 0 Å². The average Bonchev–Trinajstić information content (AvgIpc) is 2.53. The van der Waals surface area contributed by atoms with Gasteiger partial charge in [-0.15, -0.1) is 0 Å². The van der Waals surface area contributed by atoms with Gasteiger partial charge in [-0.3, -0.25) is 19.3 Å². The predicted octanol–water partition coefficient (Wildman–Crippen LogP) is 1.34. The first kappa shape index (κ1) is 20.6. The highest BCUT2D eigenvalue weighted by Gasteiger charge is 2.26. The summed E-state index contributed by atoms with van der Waals surface area (Å²) in [4.78, 5) is 38.4. The number of carboxylic acids is 1. The molecular weight excluding hydrogens is 322 g/mol. The van der Waals surface area contributed by atoms with Gasteiger partial charge in [-0.1, -0.05) is 18.2 Å². The SMILES string of the molecule is CC(=O)NCCN(CC(=O)N(c1ccccc1)C(C)C)C(C)C(=O)O. The molecule has 0 bridgehead atoms. The number of rotatable bonds is 9. The van der Waals surface area contributed by atoms with E-state index in [1.807, 2.05) is 44.2 Å². The number of carbonyl (C=O) groups is 3. The third-order valence-electron chi connectivity index (χ3n) is 3.84. The Morgan fingerprint density at radius 1 is 1.12 bits per heavy atom. The molecule has 0 saturated heterocycles. The first-order valence-corrected chi connectivity index (χ1v) is 8.32. The lowest BCUT2D eigenvalue weighted by Gasteiger charge is -2.31. The molecule has 0 fully saturated rings. The standard InChI is InChI=1S/C18H27N3O4/c1-13(2)21(16-8-6-5-7-9-16)17(23)12-20(14(3)18(24)25)11-10-19-15(4)22/h5-9,13-14H,10-12H2,1-4H3,(H,19,22)(H,24,25). The molecule has 25 heavy (non-hydrogen) atoms. The highest BCUT2D eigenvalue weighted by Crippen LogP contribution is 2.17. The third-order valence-corrected chi connectivity index (χ3v) is 3.84. The lowest BCUT2D eigenvalue weighted by Crippen LogP contribution is -2.50. The van der Waals surface area contributed by atoms with Crippen LogP contribution in [0.15, 0.2) is 30.3 Å². The number of aliphatic carboxylic acids is 1. The van der Waals surface area contributed by atoms with Gasteiger partial charge in [0, 0.05) is 31.7 Å². The van der Waals surface area contributed by atoms with Crippen LogP contribution in [-0.2, 0) is 14.4 Å². The number of nitrogens with one attached hydrogen (secondary N) is 1. The number of amides is 2. The van der Waals surface area contributed by atoms with Gasteiger partial charge in [0.15, 0.2) is 0 Å².